The highest BCUT2D eigenvalue weighted by molar-refractivity contribution is 7.99. The molecule has 1 N–H and O–H groups in total. The Labute approximate surface area is 279 Å². The molecule has 6 aromatic rings. The average molecular weight is 646 g/mol. The van der Waals surface area contributed by atoms with Crippen LogP contribution in [0.1, 0.15) is 63.2 Å². The summed E-state index contributed by atoms with van der Waals surface area (Å²) in [5.74, 6) is 2.46. The van der Waals surface area contributed by atoms with Crippen molar-refractivity contribution in [1.82, 2.24) is 29.4 Å². The topological polar surface area (TPSA) is 99.2 Å². The van der Waals surface area contributed by atoms with Crippen LogP contribution < -0.4 is 10.1 Å². The van der Waals surface area contributed by atoms with Crippen molar-refractivity contribution in [2.75, 3.05) is 11.9 Å². The van der Waals surface area contributed by atoms with E-state index in [1.54, 1.807) is 28.8 Å². The molecule has 0 atom stereocenters. The van der Waals surface area contributed by atoms with Crippen molar-refractivity contribution < 1.29 is 9.53 Å². The maximum atomic E-state index is 13.3. The second kappa shape index (κ2) is 13.8. The molecule has 0 spiro atoms. The van der Waals surface area contributed by atoms with E-state index in [4.69, 9.17) is 9.84 Å². The van der Waals surface area contributed by atoms with Gasteiger partial charge in [-0.1, -0.05) is 64.6 Å². The maximum absolute atomic E-state index is 13.3. The summed E-state index contributed by atoms with van der Waals surface area (Å²) < 4.78 is 9.90. The van der Waals surface area contributed by atoms with E-state index in [1.807, 2.05) is 60.7 Å². The number of carbonyl (C=O) groups is 1. The first-order chi connectivity index (χ1) is 22.6. The van der Waals surface area contributed by atoms with Gasteiger partial charge in [0.1, 0.15) is 17.4 Å². The quantitative estimate of drug-likeness (QED) is 0.154. The van der Waals surface area contributed by atoms with E-state index in [0.717, 1.165) is 50.4 Å². The van der Waals surface area contributed by atoms with Gasteiger partial charge < -0.3 is 10.1 Å². The molecule has 4 aromatic heterocycles. The second-order valence-electron chi connectivity index (χ2n) is 12.8. The van der Waals surface area contributed by atoms with E-state index in [1.165, 1.54) is 5.56 Å². The molecule has 0 saturated heterocycles. The van der Waals surface area contributed by atoms with Crippen LogP contribution in [0, 0.1) is 0 Å². The van der Waals surface area contributed by atoms with Gasteiger partial charge in [-0.15, -0.1) is 10.2 Å². The predicted molar refractivity (Wildman–Crippen MR) is 186 cm³/mol. The van der Waals surface area contributed by atoms with Gasteiger partial charge in [0.25, 0.3) is 0 Å². The lowest BCUT2D eigenvalue weighted by molar-refractivity contribution is -0.115. The lowest BCUT2D eigenvalue weighted by Gasteiger charge is -2.14. The Hall–Kier alpha value is -4.96. The van der Waals surface area contributed by atoms with Gasteiger partial charge in [0.2, 0.25) is 5.91 Å². The van der Waals surface area contributed by atoms with E-state index >= 15 is 0 Å². The van der Waals surface area contributed by atoms with Crippen molar-refractivity contribution in [2.45, 2.75) is 68.6 Å². The number of carbonyl (C=O) groups excluding carboxylic acids is 1. The number of rotatable bonds is 11. The molecule has 0 saturated carbocycles. The minimum Gasteiger partial charge on any atom is -0.493 e. The smallest absolute Gasteiger partial charge is 0.229 e. The third-order valence-corrected chi connectivity index (χ3v) is 8.64. The van der Waals surface area contributed by atoms with Crippen molar-refractivity contribution in [3.63, 3.8) is 0 Å². The molecule has 4 heterocycles. The summed E-state index contributed by atoms with van der Waals surface area (Å²) in [6.45, 7) is 11.1. The minimum absolute atomic E-state index is 0.115. The Morgan fingerprint density at radius 1 is 0.915 bits per heavy atom. The van der Waals surface area contributed by atoms with Gasteiger partial charge >= 0.3 is 0 Å². The highest BCUT2D eigenvalue weighted by Crippen LogP contribution is 2.30. The number of amides is 1. The Balaban J connectivity index is 1.13. The number of ether oxygens (including phenoxy) is 1. The largest absolute Gasteiger partial charge is 0.493 e. The number of anilines is 1. The number of benzene rings is 2. The Bertz CT molecular complexity index is 1980. The van der Waals surface area contributed by atoms with Gasteiger partial charge in [0.15, 0.2) is 5.65 Å². The summed E-state index contributed by atoms with van der Waals surface area (Å²) >= 11 is 1.66. The van der Waals surface area contributed by atoms with Crippen molar-refractivity contribution in [1.29, 1.82) is 0 Å². The zero-order valence-electron chi connectivity index (χ0n) is 27.3. The molecule has 0 aliphatic carbocycles. The summed E-state index contributed by atoms with van der Waals surface area (Å²) in [5, 5.41) is 16.6. The van der Waals surface area contributed by atoms with Crippen molar-refractivity contribution in [3.05, 3.63) is 120 Å². The fourth-order valence-corrected chi connectivity index (χ4v) is 5.94. The van der Waals surface area contributed by atoms with Crippen molar-refractivity contribution >= 4 is 29.1 Å². The summed E-state index contributed by atoms with van der Waals surface area (Å²) in [7, 11) is 0. The standard InChI is InChI=1S/C37H39N7O2S/c1-25(2)36-41-40-33-14-13-31(24-43(33)36)47-30-11-9-27(10-12-30)21-35(45)39-34-23-32(37(3,4)5)42-44(34)28-7-6-8-29(22-28)46-20-17-26-15-18-38-19-16-26/h6-16,18-19,22-25H,17,20-21H2,1-5H3,(H,39,45). The Morgan fingerprint density at radius 3 is 2.43 bits per heavy atom. The van der Waals surface area contributed by atoms with Crippen LogP contribution in [0.25, 0.3) is 11.3 Å². The van der Waals surface area contributed by atoms with E-state index < -0.39 is 0 Å². The van der Waals surface area contributed by atoms with Gasteiger partial charge in [-0.3, -0.25) is 14.2 Å². The fourth-order valence-electron chi connectivity index (χ4n) is 5.10. The van der Waals surface area contributed by atoms with Crippen LogP contribution in [-0.2, 0) is 23.1 Å². The van der Waals surface area contributed by atoms with Crippen LogP contribution >= 0.6 is 11.8 Å². The van der Waals surface area contributed by atoms with Gasteiger partial charge in [0, 0.05) is 58.3 Å². The molecule has 0 bridgehead atoms. The van der Waals surface area contributed by atoms with E-state index in [9.17, 15) is 4.79 Å². The number of hydrogen-bond acceptors (Lipinski definition) is 7. The normalized spacial score (nSPS) is 11.7. The summed E-state index contributed by atoms with van der Waals surface area (Å²) in [4.78, 5) is 19.6. The van der Waals surface area contributed by atoms with E-state index in [0.29, 0.717) is 12.4 Å². The van der Waals surface area contributed by atoms with Crippen molar-refractivity contribution in [2.24, 2.45) is 0 Å². The SMILES string of the molecule is CC(C)c1nnc2ccc(Sc3ccc(CC(=O)Nc4cc(C(C)(C)C)nn4-c4cccc(OCCc5ccncc5)c4)cc3)cn12. The van der Waals surface area contributed by atoms with Crippen LogP contribution in [0.4, 0.5) is 5.82 Å². The lowest BCUT2D eigenvalue weighted by atomic mass is 9.92. The highest BCUT2D eigenvalue weighted by Gasteiger charge is 2.22. The maximum Gasteiger partial charge on any atom is 0.229 e. The molecule has 0 radical (unpaired) electrons. The molecule has 0 fully saturated rings. The van der Waals surface area contributed by atoms with E-state index in [-0.39, 0.29) is 23.7 Å². The van der Waals surface area contributed by atoms with Crippen LogP contribution in [0.5, 0.6) is 5.75 Å². The molecular weight excluding hydrogens is 607 g/mol. The fraction of sp³-hybridized carbons (Fsp3) is 0.270. The van der Waals surface area contributed by atoms with Crippen LogP contribution in [0.3, 0.4) is 0 Å². The van der Waals surface area contributed by atoms with Crippen LogP contribution in [0.2, 0.25) is 0 Å². The average Bonchev–Trinajstić information content (AvgIpc) is 3.67. The van der Waals surface area contributed by atoms with Crippen LogP contribution in [0.15, 0.2) is 107 Å². The lowest BCUT2D eigenvalue weighted by Crippen LogP contribution is -2.17. The third-order valence-electron chi connectivity index (χ3n) is 7.66. The number of nitrogens with zero attached hydrogens (tertiary/aromatic N) is 6. The number of aromatic nitrogens is 6. The van der Waals surface area contributed by atoms with Crippen molar-refractivity contribution in [3.8, 4) is 11.4 Å². The summed E-state index contributed by atoms with van der Waals surface area (Å²) in [5.41, 5.74) is 4.42. The summed E-state index contributed by atoms with van der Waals surface area (Å²) in [6.07, 6.45) is 6.67. The molecular formula is C37H39N7O2S. The molecule has 9 nitrogen and oxygen atoms in total. The number of pyridine rings is 2. The first-order valence-electron chi connectivity index (χ1n) is 15.8. The van der Waals surface area contributed by atoms with Crippen LogP contribution in [-0.4, -0.2) is 41.9 Å². The Kier molecular flexibility index (Phi) is 9.40. The molecule has 0 aliphatic rings. The van der Waals surface area contributed by atoms with Gasteiger partial charge in [-0.25, -0.2) is 4.68 Å². The number of nitrogens with one attached hydrogen (secondary N) is 1. The first-order valence-corrected chi connectivity index (χ1v) is 16.6. The second-order valence-corrected chi connectivity index (χ2v) is 14.0. The minimum atomic E-state index is -0.202. The zero-order valence-corrected chi connectivity index (χ0v) is 28.2. The molecule has 0 unspecified atom stereocenters. The molecule has 1 amide bonds. The highest BCUT2D eigenvalue weighted by atomic mass is 32.2. The van der Waals surface area contributed by atoms with Gasteiger partial charge in [-0.2, -0.15) is 5.10 Å². The molecule has 10 heteroatoms. The first kappa shape index (κ1) is 32.0. The molecule has 240 valence electrons. The predicted octanol–water partition coefficient (Wildman–Crippen LogP) is 7.68. The van der Waals surface area contributed by atoms with E-state index in [2.05, 4.69) is 83.9 Å². The molecule has 2 aromatic carbocycles. The Morgan fingerprint density at radius 2 is 1.68 bits per heavy atom. The number of hydrogen-bond donors (Lipinski definition) is 1. The van der Waals surface area contributed by atoms with Gasteiger partial charge in [-0.05, 0) is 59.7 Å². The molecule has 47 heavy (non-hydrogen) atoms. The number of fused-ring (bicyclic) bond motifs is 1. The zero-order chi connectivity index (χ0) is 33.0. The van der Waals surface area contributed by atoms with Gasteiger partial charge in [0.05, 0.1) is 24.4 Å². The monoisotopic (exact) mass is 645 g/mol. The summed E-state index contributed by atoms with van der Waals surface area (Å²) in [6, 6.07) is 25.9. The molecule has 0 aliphatic heterocycles. The molecule has 6 rings (SSSR count). The third kappa shape index (κ3) is 7.89.